The van der Waals surface area contributed by atoms with E-state index >= 15 is 0 Å². The molecule has 1 aromatic rings. The van der Waals surface area contributed by atoms with Gasteiger partial charge in [-0.1, -0.05) is 13.0 Å². The van der Waals surface area contributed by atoms with Crippen molar-refractivity contribution in [2.75, 3.05) is 13.1 Å². The van der Waals surface area contributed by atoms with Crippen LogP contribution in [0.2, 0.25) is 0 Å². The molecule has 1 saturated heterocycles. The minimum absolute atomic E-state index is 0.0911. The summed E-state index contributed by atoms with van der Waals surface area (Å²) in [5, 5.41) is 9.61. The number of carbonyl (C=O) groups is 1. The lowest BCUT2D eigenvalue weighted by molar-refractivity contribution is 0.0653. The summed E-state index contributed by atoms with van der Waals surface area (Å²) in [6.07, 6.45) is 0.854. The van der Waals surface area contributed by atoms with Gasteiger partial charge in [-0.15, -0.1) is 0 Å². The van der Waals surface area contributed by atoms with Gasteiger partial charge in [0, 0.05) is 19.1 Å². The quantitative estimate of drug-likeness (QED) is 0.792. The van der Waals surface area contributed by atoms with Gasteiger partial charge in [-0.3, -0.25) is 4.79 Å². The van der Waals surface area contributed by atoms with Crippen LogP contribution in [0.15, 0.2) is 18.2 Å². The number of hydrogen-bond donors (Lipinski definition) is 2. The van der Waals surface area contributed by atoms with Crippen LogP contribution in [0, 0.1) is 11.7 Å². The molecule has 0 bridgehead atoms. The molecule has 0 saturated carbocycles. The molecule has 18 heavy (non-hydrogen) atoms. The zero-order chi connectivity index (χ0) is 13.3. The zero-order valence-corrected chi connectivity index (χ0v) is 10.3. The molecule has 98 valence electrons. The first-order chi connectivity index (χ1) is 8.49. The molecule has 1 heterocycles. The van der Waals surface area contributed by atoms with E-state index in [0.717, 1.165) is 6.42 Å². The Morgan fingerprint density at radius 1 is 1.50 bits per heavy atom. The number of phenolic OH excluding ortho intramolecular Hbond substituents is 1. The van der Waals surface area contributed by atoms with Gasteiger partial charge in [0.05, 0.1) is 0 Å². The van der Waals surface area contributed by atoms with Gasteiger partial charge >= 0.3 is 0 Å². The summed E-state index contributed by atoms with van der Waals surface area (Å²) in [6.45, 7) is 2.94. The first-order valence-corrected chi connectivity index (χ1v) is 6.01. The Morgan fingerprint density at radius 2 is 2.22 bits per heavy atom. The molecule has 0 aliphatic carbocycles. The van der Waals surface area contributed by atoms with Crippen LogP contribution in [0.25, 0.3) is 0 Å². The second-order valence-electron chi connectivity index (χ2n) is 4.95. The summed E-state index contributed by atoms with van der Waals surface area (Å²) >= 11 is 0. The SMILES string of the molecule is CC1CC(N)CN(C(=O)c2c(O)cccc2F)C1. The van der Waals surface area contributed by atoms with Crippen molar-refractivity contribution in [1.82, 2.24) is 4.90 Å². The molecule has 0 radical (unpaired) electrons. The zero-order valence-electron chi connectivity index (χ0n) is 10.3. The van der Waals surface area contributed by atoms with Gasteiger partial charge in [0.25, 0.3) is 5.91 Å². The summed E-state index contributed by atoms with van der Waals surface area (Å²) in [7, 11) is 0. The molecule has 0 aromatic heterocycles. The van der Waals surface area contributed by atoms with Crippen molar-refractivity contribution in [2.45, 2.75) is 19.4 Å². The first kappa shape index (κ1) is 12.8. The van der Waals surface area contributed by atoms with E-state index in [2.05, 4.69) is 0 Å². The number of benzene rings is 1. The summed E-state index contributed by atoms with van der Waals surface area (Å²) < 4.78 is 13.6. The van der Waals surface area contributed by atoms with Crippen LogP contribution in [0.5, 0.6) is 5.75 Å². The lowest BCUT2D eigenvalue weighted by Gasteiger charge is -2.34. The summed E-state index contributed by atoms with van der Waals surface area (Å²) in [4.78, 5) is 13.7. The van der Waals surface area contributed by atoms with Gasteiger partial charge in [0.15, 0.2) is 0 Å². The van der Waals surface area contributed by atoms with E-state index in [0.29, 0.717) is 13.1 Å². The Labute approximate surface area is 105 Å². The van der Waals surface area contributed by atoms with E-state index in [1.807, 2.05) is 6.92 Å². The van der Waals surface area contributed by atoms with E-state index < -0.39 is 11.7 Å². The Hall–Kier alpha value is -1.62. The summed E-state index contributed by atoms with van der Waals surface area (Å²) in [6, 6.07) is 3.75. The summed E-state index contributed by atoms with van der Waals surface area (Å²) in [5.41, 5.74) is 5.59. The van der Waals surface area contributed by atoms with Crippen LogP contribution >= 0.6 is 0 Å². The van der Waals surface area contributed by atoms with Crippen molar-refractivity contribution >= 4 is 5.91 Å². The Kier molecular flexibility index (Phi) is 3.52. The number of aromatic hydroxyl groups is 1. The molecule has 1 aliphatic rings. The molecule has 1 aromatic carbocycles. The smallest absolute Gasteiger partial charge is 0.260 e. The second-order valence-corrected chi connectivity index (χ2v) is 4.95. The predicted molar refractivity (Wildman–Crippen MR) is 65.7 cm³/mol. The van der Waals surface area contributed by atoms with Crippen LogP contribution in [0.3, 0.4) is 0 Å². The number of nitrogens with zero attached hydrogens (tertiary/aromatic N) is 1. The number of hydrogen-bond acceptors (Lipinski definition) is 3. The maximum Gasteiger partial charge on any atom is 0.260 e. The van der Waals surface area contributed by atoms with E-state index in [1.165, 1.54) is 23.1 Å². The standard InChI is InChI=1S/C13H17FN2O2/c1-8-5-9(15)7-16(6-8)13(18)12-10(14)3-2-4-11(12)17/h2-4,8-9,17H,5-7,15H2,1H3. The third kappa shape index (κ3) is 2.46. The highest BCUT2D eigenvalue weighted by atomic mass is 19.1. The largest absolute Gasteiger partial charge is 0.507 e. The van der Waals surface area contributed by atoms with Gasteiger partial charge < -0.3 is 15.7 Å². The third-order valence-corrected chi connectivity index (χ3v) is 3.18. The predicted octanol–water partition coefficient (Wildman–Crippen LogP) is 1.34. The molecule has 0 spiro atoms. The van der Waals surface area contributed by atoms with Gasteiger partial charge in [-0.25, -0.2) is 4.39 Å². The molecule has 1 amide bonds. The molecular formula is C13H17FN2O2. The topological polar surface area (TPSA) is 66.6 Å². The van der Waals surface area contributed by atoms with E-state index in [-0.39, 0.29) is 23.3 Å². The van der Waals surface area contributed by atoms with Crippen molar-refractivity contribution in [3.63, 3.8) is 0 Å². The number of piperidine rings is 1. The molecule has 1 aliphatic heterocycles. The number of amides is 1. The Bertz CT molecular complexity index is 434. The average molecular weight is 252 g/mol. The normalized spacial score (nSPS) is 24.1. The molecule has 1 fully saturated rings. The van der Waals surface area contributed by atoms with Gasteiger partial charge in [0.1, 0.15) is 17.1 Å². The Morgan fingerprint density at radius 3 is 2.83 bits per heavy atom. The monoisotopic (exact) mass is 252 g/mol. The van der Waals surface area contributed by atoms with Crippen molar-refractivity contribution in [3.05, 3.63) is 29.6 Å². The molecule has 4 nitrogen and oxygen atoms in total. The maximum atomic E-state index is 13.6. The number of nitrogens with two attached hydrogens (primary N) is 1. The van der Waals surface area contributed by atoms with Crippen LogP contribution in [-0.2, 0) is 0 Å². The number of phenols is 1. The minimum Gasteiger partial charge on any atom is -0.507 e. The third-order valence-electron chi connectivity index (χ3n) is 3.18. The van der Waals surface area contributed by atoms with E-state index in [4.69, 9.17) is 5.73 Å². The van der Waals surface area contributed by atoms with Crippen LogP contribution in [-0.4, -0.2) is 35.0 Å². The highest BCUT2D eigenvalue weighted by molar-refractivity contribution is 5.97. The van der Waals surface area contributed by atoms with Crippen molar-refractivity contribution in [1.29, 1.82) is 0 Å². The van der Waals surface area contributed by atoms with Gasteiger partial charge in [0.2, 0.25) is 0 Å². The van der Waals surface area contributed by atoms with Crippen LogP contribution < -0.4 is 5.73 Å². The molecule has 2 rings (SSSR count). The summed E-state index contributed by atoms with van der Waals surface area (Å²) in [5.74, 6) is -1.24. The van der Waals surface area contributed by atoms with Crippen molar-refractivity contribution in [2.24, 2.45) is 11.7 Å². The minimum atomic E-state index is -0.702. The molecule has 2 unspecified atom stereocenters. The molecule has 3 N–H and O–H groups in total. The van der Waals surface area contributed by atoms with Gasteiger partial charge in [-0.05, 0) is 24.5 Å². The lowest BCUT2D eigenvalue weighted by atomic mass is 9.96. The maximum absolute atomic E-state index is 13.6. The second kappa shape index (κ2) is 4.94. The van der Waals surface area contributed by atoms with E-state index in [1.54, 1.807) is 0 Å². The molecule has 5 heteroatoms. The fraction of sp³-hybridized carbons (Fsp3) is 0.462. The van der Waals surface area contributed by atoms with Crippen molar-refractivity contribution in [3.8, 4) is 5.75 Å². The van der Waals surface area contributed by atoms with Crippen LogP contribution in [0.4, 0.5) is 4.39 Å². The van der Waals surface area contributed by atoms with Crippen LogP contribution in [0.1, 0.15) is 23.7 Å². The Balaban J connectivity index is 2.26. The fourth-order valence-electron chi connectivity index (χ4n) is 2.45. The average Bonchev–Trinajstić information content (AvgIpc) is 2.27. The molecular weight excluding hydrogens is 235 g/mol. The van der Waals surface area contributed by atoms with E-state index in [9.17, 15) is 14.3 Å². The van der Waals surface area contributed by atoms with Gasteiger partial charge in [-0.2, -0.15) is 0 Å². The number of rotatable bonds is 1. The highest BCUT2D eigenvalue weighted by Gasteiger charge is 2.29. The molecule has 2 atom stereocenters. The highest BCUT2D eigenvalue weighted by Crippen LogP contribution is 2.24. The van der Waals surface area contributed by atoms with Crippen molar-refractivity contribution < 1.29 is 14.3 Å². The first-order valence-electron chi connectivity index (χ1n) is 6.01. The number of carbonyl (C=O) groups excluding carboxylic acids is 1. The fourth-order valence-corrected chi connectivity index (χ4v) is 2.45. The lowest BCUT2D eigenvalue weighted by Crippen LogP contribution is -2.49. The number of likely N-dealkylation sites (tertiary alicyclic amines) is 1. The number of halogens is 1.